The lowest BCUT2D eigenvalue weighted by Crippen LogP contribution is -2.20. The average Bonchev–Trinajstić information content (AvgIpc) is 3.46. The lowest BCUT2D eigenvalue weighted by Gasteiger charge is -2.14. The molecule has 0 amide bonds. The van der Waals surface area contributed by atoms with E-state index in [0.717, 1.165) is 10.9 Å². The summed E-state index contributed by atoms with van der Waals surface area (Å²) < 4.78 is 25.5. The third-order valence-corrected chi connectivity index (χ3v) is 8.06. The Bertz CT molecular complexity index is 2110. The van der Waals surface area contributed by atoms with Gasteiger partial charge in [0.1, 0.15) is 17.9 Å². The molecule has 0 bridgehead atoms. The fraction of sp³-hybridized carbons (Fsp3) is 0.121. The summed E-state index contributed by atoms with van der Waals surface area (Å²) in [7, 11) is 1.59. The quantitative estimate of drug-likeness (QED) is 0.141. The van der Waals surface area contributed by atoms with Crippen LogP contribution in [0.1, 0.15) is 18.1 Å². The molecule has 6 rings (SSSR count). The van der Waals surface area contributed by atoms with Crippen LogP contribution >= 0.6 is 39.1 Å². The Balaban J connectivity index is 1.41. The van der Waals surface area contributed by atoms with Gasteiger partial charge in [0.25, 0.3) is 5.56 Å². The first kappa shape index (κ1) is 29.7. The number of nitrogens with zero attached hydrogens (tertiary/aromatic N) is 3. The number of para-hydroxylation sites is 1. The predicted molar refractivity (Wildman–Crippen MR) is 177 cm³/mol. The Labute approximate surface area is 270 Å². The largest absolute Gasteiger partial charge is 0.496 e. The second-order valence-electron chi connectivity index (χ2n) is 9.57. The number of furan rings is 1. The molecule has 2 heterocycles. The van der Waals surface area contributed by atoms with Crippen LogP contribution in [0.4, 0.5) is 0 Å². The molecule has 0 saturated carbocycles. The van der Waals surface area contributed by atoms with Gasteiger partial charge in [0.05, 0.1) is 36.2 Å². The molecular weight excluding hydrogens is 669 g/mol. The summed E-state index contributed by atoms with van der Waals surface area (Å²) in [5.74, 6) is 2.25. The van der Waals surface area contributed by atoms with E-state index in [9.17, 15) is 4.79 Å². The van der Waals surface area contributed by atoms with Crippen molar-refractivity contribution in [1.82, 2.24) is 9.66 Å². The van der Waals surface area contributed by atoms with Gasteiger partial charge in [0.15, 0.2) is 17.3 Å². The molecule has 0 N–H and O–H groups in total. The molecule has 0 aliphatic heterocycles. The SMILES string of the molecule is CCOc1cc(C=Nn2c(-c3cc4c(OC)cccc4o3)nc3ccccc3c2=O)c(Br)cc1OCc1ccc(Cl)cc1Cl. The van der Waals surface area contributed by atoms with Gasteiger partial charge >= 0.3 is 0 Å². The van der Waals surface area contributed by atoms with E-state index in [0.29, 0.717) is 66.2 Å². The number of benzene rings is 4. The van der Waals surface area contributed by atoms with Gasteiger partial charge in [-0.25, -0.2) is 4.98 Å². The number of rotatable bonds is 9. The smallest absolute Gasteiger partial charge is 0.282 e. The Morgan fingerprint density at radius 1 is 0.955 bits per heavy atom. The fourth-order valence-corrected chi connectivity index (χ4v) is 5.55. The second-order valence-corrected chi connectivity index (χ2v) is 11.3. The maximum absolute atomic E-state index is 13.7. The van der Waals surface area contributed by atoms with E-state index < -0.39 is 0 Å². The number of halogens is 3. The zero-order valence-electron chi connectivity index (χ0n) is 23.5. The molecule has 0 saturated heterocycles. The van der Waals surface area contributed by atoms with Crippen LogP contribution < -0.4 is 19.8 Å². The van der Waals surface area contributed by atoms with Crippen LogP contribution in [0, 0.1) is 0 Å². The summed E-state index contributed by atoms with van der Waals surface area (Å²) in [6.07, 6.45) is 1.55. The Hall–Kier alpha value is -4.31. The maximum atomic E-state index is 13.7. The summed E-state index contributed by atoms with van der Waals surface area (Å²) in [4.78, 5) is 18.5. The number of methoxy groups -OCH3 is 1. The molecule has 44 heavy (non-hydrogen) atoms. The van der Waals surface area contributed by atoms with Crippen molar-refractivity contribution < 1.29 is 18.6 Å². The predicted octanol–water partition coefficient (Wildman–Crippen LogP) is 8.75. The van der Waals surface area contributed by atoms with E-state index in [2.05, 4.69) is 21.0 Å². The highest BCUT2D eigenvalue weighted by Crippen LogP contribution is 2.35. The summed E-state index contributed by atoms with van der Waals surface area (Å²) >= 11 is 16.0. The first-order chi connectivity index (χ1) is 21.4. The molecule has 11 heteroatoms. The molecule has 8 nitrogen and oxygen atoms in total. The van der Waals surface area contributed by atoms with Crippen molar-refractivity contribution in [2.45, 2.75) is 13.5 Å². The lowest BCUT2D eigenvalue weighted by molar-refractivity contribution is 0.269. The van der Waals surface area contributed by atoms with Crippen LogP contribution in [0.2, 0.25) is 10.0 Å². The number of aromatic nitrogens is 2. The van der Waals surface area contributed by atoms with Crippen molar-refractivity contribution in [3.05, 3.63) is 115 Å². The molecular formula is C33H24BrCl2N3O5. The van der Waals surface area contributed by atoms with Gasteiger partial charge in [0.2, 0.25) is 5.82 Å². The Morgan fingerprint density at radius 3 is 2.57 bits per heavy atom. The second kappa shape index (κ2) is 12.7. The molecule has 222 valence electrons. The number of ether oxygens (including phenoxy) is 3. The van der Waals surface area contributed by atoms with Crippen molar-refractivity contribution in [3.63, 3.8) is 0 Å². The normalized spacial score (nSPS) is 11.5. The van der Waals surface area contributed by atoms with E-state index in [-0.39, 0.29) is 18.0 Å². The van der Waals surface area contributed by atoms with Crippen molar-refractivity contribution in [2.24, 2.45) is 5.10 Å². The zero-order valence-corrected chi connectivity index (χ0v) is 26.6. The van der Waals surface area contributed by atoms with Crippen molar-refractivity contribution in [1.29, 1.82) is 0 Å². The first-order valence-corrected chi connectivity index (χ1v) is 15.1. The number of hydrogen-bond donors (Lipinski definition) is 0. The molecule has 6 aromatic rings. The van der Waals surface area contributed by atoms with E-state index in [1.165, 1.54) is 4.68 Å². The zero-order chi connectivity index (χ0) is 30.8. The van der Waals surface area contributed by atoms with Crippen molar-refractivity contribution in [3.8, 4) is 28.8 Å². The minimum absolute atomic E-state index is 0.208. The Morgan fingerprint density at radius 2 is 1.77 bits per heavy atom. The Kier molecular flexibility index (Phi) is 8.61. The monoisotopic (exact) mass is 691 g/mol. The average molecular weight is 693 g/mol. The highest BCUT2D eigenvalue weighted by Gasteiger charge is 2.18. The topological polar surface area (TPSA) is 88.1 Å². The van der Waals surface area contributed by atoms with Crippen LogP contribution in [-0.4, -0.2) is 29.6 Å². The first-order valence-electron chi connectivity index (χ1n) is 13.5. The highest BCUT2D eigenvalue weighted by atomic mass is 79.9. The van der Waals surface area contributed by atoms with Crippen molar-refractivity contribution >= 4 is 67.2 Å². The van der Waals surface area contributed by atoms with E-state index >= 15 is 0 Å². The van der Waals surface area contributed by atoms with Gasteiger partial charge in [-0.3, -0.25) is 4.79 Å². The third kappa shape index (κ3) is 5.91. The molecule has 0 fully saturated rings. The fourth-order valence-electron chi connectivity index (χ4n) is 4.66. The van der Waals surface area contributed by atoms with Crippen LogP contribution in [0.3, 0.4) is 0 Å². The molecule has 0 aliphatic rings. The van der Waals surface area contributed by atoms with E-state index in [1.54, 1.807) is 61.9 Å². The molecule has 0 aliphatic carbocycles. The minimum atomic E-state index is -0.352. The van der Waals surface area contributed by atoms with E-state index in [1.807, 2.05) is 37.3 Å². The minimum Gasteiger partial charge on any atom is -0.496 e. The molecule has 0 atom stereocenters. The molecule has 2 aromatic heterocycles. The van der Waals surface area contributed by atoms with Crippen LogP contribution in [0.5, 0.6) is 17.2 Å². The van der Waals surface area contributed by atoms with E-state index in [4.69, 9.17) is 46.8 Å². The summed E-state index contributed by atoms with van der Waals surface area (Å²) in [6.45, 7) is 2.49. The van der Waals surface area contributed by atoms with Crippen molar-refractivity contribution in [2.75, 3.05) is 13.7 Å². The van der Waals surface area contributed by atoms with Gasteiger partial charge < -0.3 is 18.6 Å². The highest BCUT2D eigenvalue weighted by molar-refractivity contribution is 9.10. The standard InChI is InChI=1S/C33H24BrCl2N3O5/c1-3-42-29-13-20(24(34)16-30(29)43-18-19-11-12-21(35)14-25(19)36)17-37-39-32(38-26-8-5-4-7-22(26)33(39)40)31-15-23-27(41-2)9-6-10-28(23)44-31/h4-17H,3,18H2,1-2H3. The summed E-state index contributed by atoms with van der Waals surface area (Å²) in [6, 6.07) is 23.2. The number of hydrogen-bond acceptors (Lipinski definition) is 7. The number of fused-ring (bicyclic) bond motifs is 2. The summed E-state index contributed by atoms with van der Waals surface area (Å²) in [5.41, 5.74) is 2.18. The van der Waals surface area contributed by atoms with Crippen LogP contribution in [0.25, 0.3) is 33.5 Å². The van der Waals surface area contributed by atoms with Crippen LogP contribution in [0.15, 0.2) is 97.6 Å². The summed E-state index contributed by atoms with van der Waals surface area (Å²) in [5, 5.41) is 6.81. The molecule has 4 aromatic carbocycles. The van der Waals surface area contributed by atoms with Gasteiger partial charge in [-0.1, -0.05) is 47.5 Å². The lowest BCUT2D eigenvalue weighted by atomic mass is 10.2. The molecule has 0 unspecified atom stereocenters. The van der Waals surface area contributed by atoms with Gasteiger partial charge in [-0.2, -0.15) is 9.78 Å². The van der Waals surface area contributed by atoms with Gasteiger partial charge in [-0.05, 0) is 77.5 Å². The molecule has 0 radical (unpaired) electrons. The third-order valence-electron chi connectivity index (χ3n) is 6.79. The van der Waals surface area contributed by atoms with Crippen LogP contribution in [-0.2, 0) is 6.61 Å². The van der Waals surface area contributed by atoms with Gasteiger partial charge in [0, 0.05) is 25.6 Å². The maximum Gasteiger partial charge on any atom is 0.282 e. The van der Waals surface area contributed by atoms with Gasteiger partial charge in [-0.15, -0.1) is 0 Å². The molecule has 0 spiro atoms.